The molecule has 136 valence electrons. The van der Waals surface area contributed by atoms with Crippen LogP contribution in [0.2, 0.25) is 5.02 Å². The summed E-state index contributed by atoms with van der Waals surface area (Å²) >= 11 is 6.06. The van der Waals surface area contributed by atoms with Gasteiger partial charge in [-0.05, 0) is 36.8 Å². The number of aromatic nitrogens is 2. The molecule has 2 aromatic carbocycles. The summed E-state index contributed by atoms with van der Waals surface area (Å²) in [5.41, 5.74) is 3.43. The summed E-state index contributed by atoms with van der Waals surface area (Å²) < 4.78 is 1.56. The molecule has 3 aromatic rings. The molecular formula is C20H17ClN4O2. The predicted octanol–water partition coefficient (Wildman–Crippen LogP) is 4.03. The molecule has 0 saturated heterocycles. The third-order valence-corrected chi connectivity index (χ3v) is 4.72. The average Bonchev–Trinajstić information content (AvgIpc) is 3.17. The second-order valence-corrected chi connectivity index (χ2v) is 6.92. The number of anilines is 2. The number of rotatable bonds is 4. The molecule has 2 N–H and O–H groups in total. The van der Waals surface area contributed by atoms with E-state index in [-0.39, 0.29) is 18.2 Å². The molecule has 0 bridgehead atoms. The fraction of sp³-hybridized carbons (Fsp3) is 0.150. The van der Waals surface area contributed by atoms with Gasteiger partial charge in [-0.25, -0.2) is 4.68 Å². The second-order valence-electron chi connectivity index (χ2n) is 6.49. The van der Waals surface area contributed by atoms with Crippen molar-refractivity contribution in [3.05, 3.63) is 65.3 Å². The number of halogens is 1. The van der Waals surface area contributed by atoms with Crippen LogP contribution < -0.4 is 10.6 Å². The minimum Gasteiger partial charge on any atom is -0.326 e. The van der Waals surface area contributed by atoms with Gasteiger partial charge in [0, 0.05) is 16.3 Å². The second kappa shape index (κ2) is 6.89. The van der Waals surface area contributed by atoms with E-state index in [0.717, 1.165) is 16.7 Å². The average molecular weight is 381 g/mol. The Balaban J connectivity index is 1.54. The molecule has 0 radical (unpaired) electrons. The fourth-order valence-corrected chi connectivity index (χ4v) is 3.30. The van der Waals surface area contributed by atoms with Crippen LogP contribution in [0.1, 0.15) is 18.0 Å². The summed E-state index contributed by atoms with van der Waals surface area (Å²) in [6.45, 7) is 1.98. The first-order chi connectivity index (χ1) is 13.0. The van der Waals surface area contributed by atoms with Crippen molar-refractivity contribution in [2.45, 2.75) is 19.4 Å². The molecule has 1 unspecified atom stereocenters. The molecule has 6 nitrogen and oxygen atoms in total. The predicted molar refractivity (Wildman–Crippen MR) is 105 cm³/mol. The lowest BCUT2D eigenvalue weighted by Crippen LogP contribution is -2.23. The largest absolute Gasteiger partial charge is 0.326 e. The number of nitrogens with zero attached hydrogens (tertiary/aromatic N) is 2. The van der Waals surface area contributed by atoms with Gasteiger partial charge in [-0.15, -0.1) is 0 Å². The van der Waals surface area contributed by atoms with E-state index in [2.05, 4.69) is 15.7 Å². The Kier molecular flexibility index (Phi) is 4.41. The maximum atomic E-state index is 12.4. The summed E-state index contributed by atoms with van der Waals surface area (Å²) in [6.07, 6.45) is 1.68. The summed E-state index contributed by atoms with van der Waals surface area (Å²) in [6, 6.07) is 14.1. The molecule has 4 rings (SSSR count). The minimum atomic E-state index is -0.682. The number of benzene rings is 2. The lowest BCUT2D eigenvalue weighted by molar-refractivity contribution is -0.123. The maximum absolute atomic E-state index is 12.4. The Bertz CT molecular complexity index is 1030. The molecule has 1 aromatic heterocycles. The summed E-state index contributed by atoms with van der Waals surface area (Å²) in [5.74, 6) is 0.0856. The van der Waals surface area contributed by atoms with Gasteiger partial charge in [-0.2, -0.15) is 5.10 Å². The number of hydrogen-bond acceptors (Lipinski definition) is 3. The first-order valence-electron chi connectivity index (χ1n) is 8.52. The standard InChI is InChI=1S/C20H17ClN4O2/c1-12-5-7-15(8-6-12)23-18(26)10-17-20(27)24-19-16(11-22-25(17)19)13-3-2-4-14(21)9-13/h2-9,11,17H,10H2,1H3,(H,23,26)(H,24,27). The molecule has 1 atom stereocenters. The first kappa shape index (κ1) is 17.3. The summed E-state index contributed by atoms with van der Waals surface area (Å²) in [5, 5.41) is 10.6. The van der Waals surface area contributed by atoms with Gasteiger partial charge in [0.05, 0.1) is 12.6 Å². The van der Waals surface area contributed by atoms with Crippen molar-refractivity contribution in [2.75, 3.05) is 10.6 Å². The number of hydrogen-bond donors (Lipinski definition) is 2. The Labute approximate surface area is 161 Å². The number of aryl methyl sites for hydroxylation is 1. The van der Waals surface area contributed by atoms with Crippen molar-refractivity contribution in [1.29, 1.82) is 0 Å². The summed E-state index contributed by atoms with van der Waals surface area (Å²) in [7, 11) is 0. The van der Waals surface area contributed by atoms with E-state index in [1.54, 1.807) is 16.9 Å². The topological polar surface area (TPSA) is 76.0 Å². The zero-order valence-electron chi connectivity index (χ0n) is 14.6. The summed E-state index contributed by atoms with van der Waals surface area (Å²) in [4.78, 5) is 24.8. The van der Waals surface area contributed by atoms with E-state index >= 15 is 0 Å². The highest BCUT2D eigenvalue weighted by atomic mass is 35.5. The van der Waals surface area contributed by atoms with Crippen molar-refractivity contribution in [1.82, 2.24) is 9.78 Å². The number of carbonyl (C=O) groups is 2. The quantitative estimate of drug-likeness (QED) is 0.717. The fourth-order valence-electron chi connectivity index (χ4n) is 3.11. The first-order valence-corrected chi connectivity index (χ1v) is 8.90. The monoisotopic (exact) mass is 380 g/mol. The van der Waals surface area contributed by atoms with Crippen LogP contribution >= 0.6 is 11.6 Å². The van der Waals surface area contributed by atoms with Crippen LogP contribution in [0.15, 0.2) is 54.7 Å². The highest BCUT2D eigenvalue weighted by molar-refractivity contribution is 6.30. The van der Waals surface area contributed by atoms with E-state index < -0.39 is 6.04 Å². The Morgan fingerprint density at radius 2 is 2.04 bits per heavy atom. The lowest BCUT2D eigenvalue weighted by atomic mass is 10.1. The molecule has 2 heterocycles. The van der Waals surface area contributed by atoms with Gasteiger partial charge in [0.15, 0.2) is 0 Å². The normalized spacial score (nSPS) is 15.3. The minimum absolute atomic E-state index is 0.00335. The Morgan fingerprint density at radius 1 is 1.26 bits per heavy atom. The van der Waals surface area contributed by atoms with Crippen molar-refractivity contribution >= 4 is 34.9 Å². The number of fused-ring (bicyclic) bond motifs is 1. The highest BCUT2D eigenvalue weighted by Gasteiger charge is 2.35. The van der Waals surface area contributed by atoms with Crippen molar-refractivity contribution < 1.29 is 9.59 Å². The van der Waals surface area contributed by atoms with E-state index in [4.69, 9.17) is 11.6 Å². The van der Waals surface area contributed by atoms with Gasteiger partial charge in [-0.1, -0.05) is 41.4 Å². The maximum Gasteiger partial charge on any atom is 0.251 e. The van der Waals surface area contributed by atoms with E-state index in [9.17, 15) is 9.59 Å². The van der Waals surface area contributed by atoms with Gasteiger partial charge in [-0.3, -0.25) is 9.59 Å². The smallest absolute Gasteiger partial charge is 0.251 e. The van der Waals surface area contributed by atoms with Gasteiger partial charge < -0.3 is 10.6 Å². The molecule has 1 aliphatic rings. The van der Waals surface area contributed by atoms with Crippen LogP contribution in [0.5, 0.6) is 0 Å². The Hall–Kier alpha value is -3.12. The van der Waals surface area contributed by atoms with Crippen LogP contribution in [-0.4, -0.2) is 21.6 Å². The van der Waals surface area contributed by atoms with E-state index in [1.165, 1.54) is 0 Å². The third-order valence-electron chi connectivity index (χ3n) is 4.48. The molecule has 0 aliphatic carbocycles. The molecule has 0 saturated carbocycles. The van der Waals surface area contributed by atoms with Crippen LogP contribution in [0.4, 0.5) is 11.5 Å². The van der Waals surface area contributed by atoms with Crippen molar-refractivity contribution in [2.24, 2.45) is 0 Å². The third kappa shape index (κ3) is 3.44. The molecule has 7 heteroatoms. The van der Waals surface area contributed by atoms with Crippen LogP contribution in [0, 0.1) is 6.92 Å². The van der Waals surface area contributed by atoms with Crippen molar-refractivity contribution in [3.63, 3.8) is 0 Å². The molecule has 2 amide bonds. The number of amides is 2. The number of nitrogens with one attached hydrogen (secondary N) is 2. The molecule has 0 spiro atoms. The highest BCUT2D eigenvalue weighted by Crippen LogP contribution is 2.36. The molecule has 1 aliphatic heterocycles. The lowest BCUT2D eigenvalue weighted by Gasteiger charge is -2.10. The molecular weight excluding hydrogens is 364 g/mol. The van der Waals surface area contributed by atoms with Gasteiger partial charge in [0.25, 0.3) is 5.91 Å². The number of carbonyl (C=O) groups excluding carboxylic acids is 2. The van der Waals surface area contributed by atoms with Crippen LogP contribution in [0.3, 0.4) is 0 Å². The van der Waals surface area contributed by atoms with Crippen LogP contribution in [0.25, 0.3) is 11.1 Å². The van der Waals surface area contributed by atoms with Gasteiger partial charge >= 0.3 is 0 Å². The SMILES string of the molecule is Cc1ccc(NC(=O)CC2C(=O)Nc3c(-c4cccc(Cl)c4)cnn32)cc1. The molecule has 0 fully saturated rings. The van der Waals surface area contributed by atoms with E-state index in [0.29, 0.717) is 16.5 Å². The van der Waals surface area contributed by atoms with Crippen LogP contribution in [-0.2, 0) is 9.59 Å². The van der Waals surface area contributed by atoms with E-state index in [1.807, 2.05) is 49.4 Å². The molecule has 27 heavy (non-hydrogen) atoms. The van der Waals surface area contributed by atoms with Gasteiger partial charge in [0.1, 0.15) is 11.9 Å². The van der Waals surface area contributed by atoms with Gasteiger partial charge in [0.2, 0.25) is 5.91 Å². The zero-order valence-corrected chi connectivity index (χ0v) is 15.3. The zero-order chi connectivity index (χ0) is 19.0. The van der Waals surface area contributed by atoms with Crippen molar-refractivity contribution in [3.8, 4) is 11.1 Å². The Morgan fingerprint density at radius 3 is 2.78 bits per heavy atom.